The van der Waals surface area contributed by atoms with Crippen molar-refractivity contribution < 1.29 is 22.8 Å². The fourth-order valence-electron chi connectivity index (χ4n) is 5.28. The quantitative estimate of drug-likeness (QED) is 0.240. The van der Waals surface area contributed by atoms with Gasteiger partial charge in [-0.1, -0.05) is 97.1 Å². The van der Waals surface area contributed by atoms with Crippen LogP contribution in [-0.2, 0) is 35.2 Å². The first kappa shape index (κ1) is 28.1. The molecule has 0 N–H and O–H groups in total. The number of benzene rings is 4. The maximum atomic E-state index is 13.4. The normalized spacial score (nSPS) is 15.7. The van der Waals surface area contributed by atoms with Crippen molar-refractivity contribution in [2.24, 2.45) is 0 Å². The Morgan fingerprint density at radius 1 is 0.756 bits per heavy atom. The molecular formula is C34H31F3N2O2. The molecule has 41 heavy (non-hydrogen) atoms. The molecule has 1 fully saturated rings. The summed E-state index contributed by atoms with van der Waals surface area (Å²) >= 11 is 0. The first-order chi connectivity index (χ1) is 19.8. The highest BCUT2D eigenvalue weighted by atomic mass is 19.4. The second kappa shape index (κ2) is 12.4. The van der Waals surface area contributed by atoms with Crippen LogP contribution in [0.2, 0.25) is 0 Å². The second-order valence-electron chi connectivity index (χ2n) is 10.4. The summed E-state index contributed by atoms with van der Waals surface area (Å²) in [5.41, 5.74) is 3.78. The van der Waals surface area contributed by atoms with Crippen molar-refractivity contribution in [3.63, 3.8) is 0 Å². The molecule has 0 unspecified atom stereocenters. The number of alkyl halides is 3. The third-order valence-corrected chi connectivity index (χ3v) is 7.50. The van der Waals surface area contributed by atoms with Crippen LogP contribution in [0.15, 0.2) is 109 Å². The van der Waals surface area contributed by atoms with Gasteiger partial charge in [0.2, 0.25) is 11.8 Å². The van der Waals surface area contributed by atoms with Gasteiger partial charge in [0, 0.05) is 13.1 Å². The van der Waals surface area contributed by atoms with Gasteiger partial charge in [0.15, 0.2) is 0 Å². The summed E-state index contributed by atoms with van der Waals surface area (Å²) in [5, 5.41) is 0. The molecule has 1 aliphatic rings. The number of nitrogens with zero attached hydrogens (tertiary/aromatic N) is 2. The predicted octanol–water partition coefficient (Wildman–Crippen LogP) is 6.79. The lowest BCUT2D eigenvalue weighted by Gasteiger charge is -2.41. The number of hydrogen-bond acceptors (Lipinski definition) is 2. The third kappa shape index (κ3) is 7.23. The number of carbonyl (C=O) groups excluding carboxylic acids is 2. The van der Waals surface area contributed by atoms with Crippen LogP contribution >= 0.6 is 0 Å². The highest BCUT2D eigenvalue weighted by Crippen LogP contribution is 2.30. The van der Waals surface area contributed by atoms with E-state index in [2.05, 4.69) is 0 Å². The van der Waals surface area contributed by atoms with Gasteiger partial charge in [-0.25, -0.2) is 0 Å². The largest absolute Gasteiger partial charge is 0.416 e. The lowest BCUT2D eigenvalue weighted by atomic mass is 9.99. The van der Waals surface area contributed by atoms with Crippen molar-refractivity contribution in [3.8, 4) is 11.1 Å². The average molecular weight is 557 g/mol. The van der Waals surface area contributed by atoms with Gasteiger partial charge in [-0.05, 0) is 52.8 Å². The summed E-state index contributed by atoms with van der Waals surface area (Å²) in [4.78, 5) is 29.9. The van der Waals surface area contributed by atoms with E-state index in [1.807, 2.05) is 84.9 Å². The van der Waals surface area contributed by atoms with Crippen molar-refractivity contribution in [3.05, 3.63) is 131 Å². The van der Waals surface area contributed by atoms with Crippen molar-refractivity contribution in [1.29, 1.82) is 0 Å². The van der Waals surface area contributed by atoms with Crippen molar-refractivity contribution in [2.45, 2.75) is 38.0 Å². The first-order valence-electron chi connectivity index (χ1n) is 13.7. The van der Waals surface area contributed by atoms with Crippen LogP contribution in [-0.4, -0.2) is 40.7 Å². The van der Waals surface area contributed by atoms with Crippen LogP contribution in [0.4, 0.5) is 13.2 Å². The van der Waals surface area contributed by atoms with E-state index in [4.69, 9.17) is 0 Å². The van der Waals surface area contributed by atoms with E-state index < -0.39 is 11.7 Å². The number of carbonyl (C=O) groups is 2. The molecule has 4 aromatic rings. The first-order valence-corrected chi connectivity index (χ1v) is 13.7. The maximum Gasteiger partial charge on any atom is 0.416 e. The van der Waals surface area contributed by atoms with Crippen LogP contribution in [0, 0.1) is 0 Å². The Balaban J connectivity index is 1.30. The monoisotopic (exact) mass is 556 g/mol. The minimum absolute atomic E-state index is 0.0607. The number of aryl methyl sites for hydroxylation is 1. The Kier molecular flexibility index (Phi) is 8.53. The summed E-state index contributed by atoms with van der Waals surface area (Å²) in [6.07, 6.45) is -3.02. The van der Waals surface area contributed by atoms with Crippen LogP contribution in [0.5, 0.6) is 0 Å². The fraction of sp³-hybridized carbons (Fsp3) is 0.235. The zero-order chi connectivity index (χ0) is 28.8. The molecule has 1 saturated heterocycles. The minimum Gasteiger partial charge on any atom is -0.332 e. The number of piperazine rings is 1. The topological polar surface area (TPSA) is 40.6 Å². The molecular weight excluding hydrogens is 525 g/mol. The van der Waals surface area contributed by atoms with E-state index >= 15 is 0 Å². The lowest BCUT2D eigenvalue weighted by Crippen LogP contribution is -2.57. The molecule has 0 radical (unpaired) electrons. The molecule has 0 saturated carbocycles. The van der Waals surface area contributed by atoms with Crippen molar-refractivity contribution in [2.75, 3.05) is 13.1 Å². The minimum atomic E-state index is -4.46. The van der Waals surface area contributed by atoms with E-state index in [9.17, 15) is 22.8 Å². The number of amides is 2. The molecule has 0 bridgehead atoms. The SMILES string of the molecule is O=C(Cc1ccc(-c2ccccc2)cc1)N1CC(=O)N(Cc2cccc(C(F)(F)F)c2)[C@@H](CCc2ccccc2)C1. The van der Waals surface area contributed by atoms with E-state index in [-0.39, 0.29) is 37.4 Å². The molecule has 0 aliphatic carbocycles. The molecule has 1 aliphatic heterocycles. The van der Waals surface area contributed by atoms with Gasteiger partial charge in [0.1, 0.15) is 0 Å². The summed E-state index contributed by atoms with van der Waals surface area (Å²) in [7, 11) is 0. The van der Waals surface area contributed by atoms with E-state index in [0.29, 0.717) is 24.9 Å². The maximum absolute atomic E-state index is 13.4. The van der Waals surface area contributed by atoms with E-state index in [0.717, 1.165) is 34.4 Å². The fourth-order valence-corrected chi connectivity index (χ4v) is 5.28. The number of hydrogen-bond donors (Lipinski definition) is 0. The van der Waals surface area contributed by atoms with Gasteiger partial charge in [-0.2, -0.15) is 13.2 Å². The zero-order valence-corrected chi connectivity index (χ0v) is 22.6. The Bertz CT molecular complexity index is 1470. The molecule has 210 valence electrons. The van der Waals surface area contributed by atoms with E-state index in [1.54, 1.807) is 15.9 Å². The Morgan fingerprint density at radius 2 is 1.39 bits per heavy atom. The lowest BCUT2D eigenvalue weighted by molar-refractivity contribution is -0.149. The second-order valence-corrected chi connectivity index (χ2v) is 10.4. The molecule has 0 aromatic heterocycles. The number of halogens is 3. The molecule has 1 atom stereocenters. The highest BCUT2D eigenvalue weighted by Gasteiger charge is 2.35. The van der Waals surface area contributed by atoms with Crippen LogP contribution in [0.3, 0.4) is 0 Å². The van der Waals surface area contributed by atoms with Gasteiger partial charge < -0.3 is 9.80 Å². The number of rotatable bonds is 8. The molecule has 4 nitrogen and oxygen atoms in total. The van der Waals surface area contributed by atoms with Crippen molar-refractivity contribution >= 4 is 11.8 Å². The smallest absolute Gasteiger partial charge is 0.332 e. The van der Waals surface area contributed by atoms with Crippen LogP contribution in [0.25, 0.3) is 11.1 Å². The standard InChI is InChI=1S/C34H31F3N2O2/c35-34(36,37)30-13-7-10-27(20-30)22-39-31(19-16-25-8-3-1-4-9-25)23-38(24-33(39)41)32(40)21-26-14-17-29(18-15-26)28-11-5-2-6-12-28/h1-15,17-18,20,31H,16,19,21-24H2/t31-/m0/s1. The van der Waals surface area contributed by atoms with Gasteiger partial charge in [0.05, 0.1) is 24.6 Å². The molecule has 2 amide bonds. The summed E-state index contributed by atoms with van der Waals surface area (Å²) < 4.78 is 39.9. The summed E-state index contributed by atoms with van der Waals surface area (Å²) in [6, 6.07) is 32.4. The predicted molar refractivity (Wildman–Crippen MR) is 153 cm³/mol. The highest BCUT2D eigenvalue weighted by molar-refractivity contribution is 5.87. The Labute approximate surface area is 238 Å². The Hall–Kier alpha value is -4.39. The summed E-state index contributed by atoms with van der Waals surface area (Å²) in [5.74, 6) is -0.409. The Morgan fingerprint density at radius 3 is 2.07 bits per heavy atom. The molecule has 4 aromatic carbocycles. The third-order valence-electron chi connectivity index (χ3n) is 7.50. The van der Waals surface area contributed by atoms with Crippen LogP contribution in [0.1, 0.15) is 28.7 Å². The van der Waals surface area contributed by atoms with E-state index in [1.165, 1.54) is 6.07 Å². The van der Waals surface area contributed by atoms with Gasteiger partial charge >= 0.3 is 6.18 Å². The molecule has 5 rings (SSSR count). The molecule has 0 spiro atoms. The van der Waals surface area contributed by atoms with Crippen molar-refractivity contribution in [1.82, 2.24) is 9.80 Å². The van der Waals surface area contributed by atoms with Gasteiger partial charge in [0.25, 0.3) is 0 Å². The molecule has 7 heteroatoms. The zero-order valence-electron chi connectivity index (χ0n) is 22.6. The summed E-state index contributed by atoms with van der Waals surface area (Å²) in [6.45, 7) is 0.297. The molecule has 1 heterocycles. The van der Waals surface area contributed by atoms with Crippen LogP contribution < -0.4 is 0 Å². The van der Waals surface area contributed by atoms with Gasteiger partial charge in [-0.15, -0.1) is 0 Å². The van der Waals surface area contributed by atoms with Gasteiger partial charge in [-0.3, -0.25) is 9.59 Å². The average Bonchev–Trinajstić information content (AvgIpc) is 2.98.